The van der Waals surface area contributed by atoms with E-state index < -0.39 is 0 Å². The van der Waals surface area contributed by atoms with E-state index in [4.69, 9.17) is 0 Å². The molecule has 0 saturated heterocycles. The van der Waals surface area contributed by atoms with Crippen LogP contribution in [-0.2, 0) is 6.54 Å². The van der Waals surface area contributed by atoms with Crippen molar-refractivity contribution in [2.24, 2.45) is 0 Å². The highest BCUT2D eigenvalue weighted by atomic mass is 32.1. The molecule has 1 amide bonds. The number of rotatable bonds is 3. The highest BCUT2D eigenvalue weighted by molar-refractivity contribution is 7.18. The zero-order valence-corrected chi connectivity index (χ0v) is 11.0. The predicted octanol–water partition coefficient (Wildman–Crippen LogP) is 3.23. The van der Waals surface area contributed by atoms with Gasteiger partial charge in [0.05, 0.1) is 16.8 Å². The van der Waals surface area contributed by atoms with Crippen LogP contribution in [0.25, 0.3) is 10.2 Å². The maximum absolute atomic E-state index is 11.9. The fourth-order valence-electron chi connectivity index (χ4n) is 1.84. The molecule has 19 heavy (non-hydrogen) atoms. The summed E-state index contributed by atoms with van der Waals surface area (Å²) in [5, 5.41) is 3.81. The van der Waals surface area contributed by atoms with Crippen molar-refractivity contribution in [2.45, 2.75) is 6.54 Å². The smallest absolute Gasteiger partial charge is 0.251 e. The Balaban J connectivity index is 1.71. The molecule has 4 heteroatoms. The summed E-state index contributed by atoms with van der Waals surface area (Å²) < 4.78 is 1.14. The van der Waals surface area contributed by atoms with Gasteiger partial charge >= 0.3 is 0 Å². The summed E-state index contributed by atoms with van der Waals surface area (Å²) in [6.07, 6.45) is 0. The van der Waals surface area contributed by atoms with Crippen molar-refractivity contribution in [2.75, 3.05) is 0 Å². The molecule has 0 radical (unpaired) electrons. The van der Waals surface area contributed by atoms with Gasteiger partial charge in [-0.25, -0.2) is 4.98 Å². The van der Waals surface area contributed by atoms with Crippen LogP contribution in [0.3, 0.4) is 0 Å². The van der Waals surface area contributed by atoms with Crippen molar-refractivity contribution in [3.63, 3.8) is 0 Å². The Bertz CT molecular complexity index is 673. The Morgan fingerprint density at radius 2 is 1.79 bits per heavy atom. The second kappa shape index (κ2) is 5.20. The minimum atomic E-state index is -0.0696. The predicted molar refractivity (Wildman–Crippen MR) is 77.2 cm³/mol. The number of nitrogens with zero attached hydrogens (tertiary/aromatic N) is 1. The van der Waals surface area contributed by atoms with Gasteiger partial charge in [0.25, 0.3) is 5.91 Å². The van der Waals surface area contributed by atoms with Crippen molar-refractivity contribution in [3.8, 4) is 0 Å². The van der Waals surface area contributed by atoms with Crippen LogP contribution in [0.15, 0.2) is 54.6 Å². The van der Waals surface area contributed by atoms with Crippen molar-refractivity contribution in [1.29, 1.82) is 0 Å². The van der Waals surface area contributed by atoms with E-state index in [2.05, 4.69) is 10.3 Å². The number of aromatic nitrogens is 1. The third kappa shape index (κ3) is 2.63. The first-order valence-corrected chi connectivity index (χ1v) is 6.82. The van der Waals surface area contributed by atoms with E-state index >= 15 is 0 Å². The van der Waals surface area contributed by atoms with Gasteiger partial charge in [-0.05, 0) is 24.3 Å². The molecule has 0 bridgehead atoms. The van der Waals surface area contributed by atoms with Gasteiger partial charge in [0.2, 0.25) is 0 Å². The first kappa shape index (κ1) is 11.9. The Kier molecular flexibility index (Phi) is 3.25. The van der Waals surface area contributed by atoms with Gasteiger partial charge < -0.3 is 5.32 Å². The lowest BCUT2D eigenvalue weighted by atomic mass is 10.2. The van der Waals surface area contributed by atoms with Crippen LogP contribution in [0.2, 0.25) is 0 Å². The lowest BCUT2D eigenvalue weighted by Gasteiger charge is -2.02. The van der Waals surface area contributed by atoms with Gasteiger partial charge in [-0.3, -0.25) is 4.79 Å². The van der Waals surface area contributed by atoms with Crippen LogP contribution in [0.1, 0.15) is 15.4 Å². The largest absolute Gasteiger partial charge is 0.346 e. The summed E-state index contributed by atoms with van der Waals surface area (Å²) in [6.45, 7) is 0.465. The molecule has 2 aromatic carbocycles. The van der Waals surface area contributed by atoms with Crippen LogP contribution in [-0.4, -0.2) is 10.9 Å². The maximum atomic E-state index is 11.9. The maximum Gasteiger partial charge on any atom is 0.251 e. The van der Waals surface area contributed by atoms with Gasteiger partial charge in [0, 0.05) is 5.56 Å². The number of benzene rings is 2. The summed E-state index contributed by atoms with van der Waals surface area (Å²) in [4.78, 5) is 16.4. The number of para-hydroxylation sites is 1. The molecule has 3 rings (SSSR count). The third-order valence-corrected chi connectivity index (χ3v) is 3.81. The average Bonchev–Trinajstić information content (AvgIpc) is 2.88. The second-order valence-electron chi connectivity index (χ2n) is 4.12. The van der Waals surface area contributed by atoms with Crippen molar-refractivity contribution >= 4 is 27.5 Å². The van der Waals surface area contributed by atoms with Crippen LogP contribution in [0.4, 0.5) is 0 Å². The number of thiazole rings is 1. The second-order valence-corrected chi connectivity index (χ2v) is 5.24. The molecule has 3 nitrogen and oxygen atoms in total. The number of hydrogen-bond donors (Lipinski definition) is 1. The summed E-state index contributed by atoms with van der Waals surface area (Å²) in [5.41, 5.74) is 1.65. The monoisotopic (exact) mass is 268 g/mol. The molecule has 0 fully saturated rings. The Morgan fingerprint density at radius 1 is 1.05 bits per heavy atom. The van der Waals surface area contributed by atoms with Crippen LogP contribution in [0, 0.1) is 0 Å². The van der Waals surface area contributed by atoms with Crippen LogP contribution < -0.4 is 5.32 Å². The molecule has 3 aromatic rings. The Hall–Kier alpha value is -2.20. The molecule has 0 aliphatic rings. The van der Waals surface area contributed by atoms with Crippen LogP contribution in [0.5, 0.6) is 0 Å². The zero-order valence-electron chi connectivity index (χ0n) is 10.2. The van der Waals surface area contributed by atoms with Gasteiger partial charge in [-0.15, -0.1) is 11.3 Å². The van der Waals surface area contributed by atoms with E-state index in [1.54, 1.807) is 23.5 Å². The number of carbonyl (C=O) groups excluding carboxylic acids is 1. The zero-order chi connectivity index (χ0) is 13.1. The lowest BCUT2D eigenvalue weighted by molar-refractivity contribution is 0.0951. The molecule has 1 heterocycles. The molecule has 0 spiro atoms. The SMILES string of the molecule is O=C(NCc1nc2ccccc2s1)c1ccccc1. The summed E-state index contributed by atoms with van der Waals surface area (Å²) in [6, 6.07) is 17.2. The topological polar surface area (TPSA) is 42.0 Å². The summed E-state index contributed by atoms with van der Waals surface area (Å²) >= 11 is 1.61. The lowest BCUT2D eigenvalue weighted by Crippen LogP contribution is -2.22. The van der Waals surface area contributed by atoms with E-state index in [1.807, 2.05) is 42.5 Å². The normalized spacial score (nSPS) is 10.5. The van der Waals surface area contributed by atoms with Crippen LogP contribution >= 0.6 is 11.3 Å². The number of nitrogens with one attached hydrogen (secondary N) is 1. The molecular weight excluding hydrogens is 256 g/mol. The van der Waals surface area contributed by atoms with E-state index in [0.29, 0.717) is 12.1 Å². The van der Waals surface area contributed by atoms with E-state index in [1.165, 1.54) is 0 Å². The summed E-state index contributed by atoms with van der Waals surface area (Å²) in [7, 11) is 0. The first-order chi connectivity index (χ1) is 9.33. The van der Waals surface area contributed by atoms with Crippen molar-refractivity contribution < 1.29 is 4.79 Å². The highest BCUT2D eigenvalue weighted by Gasteiger charge is 2.07. The minimum Gasteiger partial charge on any atom is -0.346 e. The van der Waals surface area contributed by atoms with Gasteiger partial charge in [0.1, 0.15) is 5.01 Å². The van der Waals surface area contributed by atoms with E-state index in [0.717, 1.165) is 15.2 Å². The number of fused-ring (bicyclic) bond motifs is 1. The molecule has 0 saturated carbocycles. The molecule has 0 aliphatic heterocycles. The molecule has 0 aliphatic carbocycles. The highest BCUT2D eigenvalue weighted by Crippen LogP contribution is 2.21. The quantitative estimate of drug-likeness (QED) is 0.792. The minimum absolute atomic E-state index is 0.0696. The van der Waals surface area contributed by atoms with Gasteiger partial charge in [-0.1, -0.05) is 30.3 Å². The first-order valence-electron chi connectivity index (χ1n) is 6.00. The fraction of sp³-hybridized carbons (Fsp3) is 0.0667. The van der Waals surface area contributed by atoms with Gasteiger partial charge in [-0.2, -0.15) is 0 Å². The molecule has 1 aromatic heterocycles. The molecule has 1 N–H and O–H groups in total. The van der Waals surface area contributed by atoms with E-state index in [-0.39, 0.29) is 5.91 Å². The summed E-state index contributed by atoms with van der Waals surface area (Å²) in [5.74, 6) is -0.0696. The van der Waals surface area contributed by atoms with Crippen molar-refractivity contribution in [3.05, 3.63) is 65.2 Å². The molecule has 94 valence electrons. The Morgan fingerprint density at radius 3 is 2.58 bits per heavy atom. The average molecular weight is 268 g/mol. The fourth-order valence-corrected chi connectivity index (χ4v) is 2.75. The molecule has 0 atom stereocenters. The number of carbonyl (C=O) groups is 1. The molecule has 0 unspecified atom stereocenters. The molecular formula is C15H12N2OS. The standard InChI is InChI=1S/C15H12N2OS/c18-15(11-6-2-1-3-7-11)16-10-14-17-12-8-4-5-9-13(12)19-14/h1-9H,10H2,(H,16,18). The third-order valence-electron chi connectivity index (χ3n) is 2.77. The Labute approximate surface area is 114 Å². The van der Waals surface area contributed by atoms with E-state index in [9.17, 15) is 4.79 Å². The number of hydrogen-bond acceptors (Lipinski definition) is 3. The van der Waals surface area contributed by atoms with Gasteiger partial charge in [0.15, 0.2) is 0 Å². The number of amides is 1. The van der Waals surface area contributed by atoms with Crippen molar-refractivity contribution in [1.82, 2.24) is 10.3 Å².